The molecule has 0 fully saturated rings. The second-order valence-corrected chi connectivity index (χ2v) is 4.59. The molecule has 1 aliphatic heterocycles. The number of hydrogen-bond donors (Lipinski definition) is 2. The molecule has 2 aromatic heterocycles. The van der Waals surface area contributed by atoms with Gasteiger partial charge in [0.05, 0.1) is 24.1 Å². The van der Waals surface area contributed by atoms with Gasteiger partial charge in [0.1, 0.15) is 0 Å². The number of nitrogens with two attached hydrogens (primary N) is 1. The highest BCUT2D eigenvalue weighted by Gasteiger charge is 2.17. The van der Waals surface area contributed by atoms with Crippen molar-refractivity contribution < 1.29 is 14.6 Å². The summed E-state index contributed by atoms with van der Waals surface area (Å²) < 4.78 is 12.3. The number of rotatable bonds is 2. The summed E-state index contributed by atoms with van der Waals surface area (Å²) in [6, 6.07) is 5.65. The molecule has 3 N–H and O–H groups in total. The molecule has 102 valence electrons. The Hall–Kier alpha value is -2.54. The number of benzene rings is 1. The topological polar surface area (TPSA) is 95.4 Å². The zero-order valence-electron chi connectivity index (χ0n) is 10.5. The fourth-order valence-electron chi connectivity index (χ4n) is 2.42. The monoisotopic (exact) mass is 272 g/mol. The highest BCUT2D eigenvalue weighted by molar-refractivity contribution is 5.97. The van der Waals surface area contributed by atoms with Gasteiger partial charge in [-0.3, -0.25) is 0 Å². The van der Waals surface area contributed by atoms with Crippen LogP contribution in [0.4, 0.5) is 5.82 Å². The van der Waals surface area contributed by atoms with E-state index in [4.69, 9.17) is 20.3 Å². The first-order valence-corrected chi connectivity index (χ1v) is 6.23. The number of hydrogen-bond acceptors (Lipinski definition) is 6. The predicted molar refractivity (Wildman–Crippen MR) is 72.7 cm³/mol. The van der Waals surface area contributed by atoms with Crippen LogP contribution in [0.25, 0.3) is 21.9 Å². The van der Waals surface area contributed by atoms with Gasteiger partial charge < -0.3 is 20.3 Å². The van der Waals surface area contributed by atoms with E-state index in [0.717, 1.165) is 16.3 Å². The van der Waals surface area contributed by atoms with Gasteiger partial charge in [0, 0.05) is 11.5 Å². The van der Waals surface area contributed by atoms with Crippen LogP contribution in [0.15, 0.2) is 18.2 Å². The maximum absolute atomic E-state index is 9.06. The second-order valence-electron chi connectivity index (χ2n) is 4.59. The van der Waals surface area contributed by atoms with Crippen molar-refractivity contribution in [2.75, 3.05) is 19.1 Å². The summed E-state index contributed by atoms with van der Waals surface area (Å²) >= 11 is 0. The minimum atomic E-state index is -0.0168. The van der Waals surface area contributed by atoms with E-state index in [2.05, 4.69) is 10.1 Å². The average Bonchev–Trinajstić information content (AvgIpc) is 3.00. The molecule has 1 aromatic carbocycles. The number of aliphatic hydroxyl groups is 1. The molecule has 3 heterocycles. The molecule has 7 nitrogen and oxygen atoms in total. The molecule has 3 aromatic rings. The van der Waals surface area contributed by atoms with Crippen molar-refractivity contribution in [3.63, 3.8) is 0 Å². The Morgan fingerprint density at radius 1 is 1.25 bits per heavy atom. The lowest BCUT2D eigenvalue weighted by atomic mass is 10.1. The molecule has 0 spiro atoms. The summed E-state index contributed by atoms with van der Waals surface area (Å²) in [7, 11) is 0. The summed E-state index contributed by atoms with van der Waals surface area (Å²) in [5.41, 5.74) is 7.34. The Morgan fingerprint density at radius 3 is 2.85 bits per heavy atom. The smallest absolute Gasteiger partial charge is 0.231 e. The van der Waals surface area contributed by atoms with E-state index in [1.807, 2.05) is 18.2 Å². The summed E-state index contributed by atoms with van der Waals surface area (Å²) in [5, 5.41) is 14.9. The average molecular weight is 272 g/mol. The van der Waals surface area contributed by atoms with Crippen LogP contribution in [0.3, 0.4) is 0 Å². The number of nitrogens with zero attached hydrogens (tertiary/aromatic N) is 3. The first-order valence-electron chi connectivity index (χ1n) is 6.23. The molecule has 0 aliphatic carbocycles. The van der Waals surface area contributed by atoms with Crippen LogP contribution in [0.5, 0.6) is 11.5 Å². The lowest BCUT2D eigenvalue weighted by Crippen LogP contribution is -2.05. The summed E-state index contributed by atoms with van der Waals surface area (Å²) in [6.45, 7) is 0.569. The number of fused-ring (bicyclic) bond motifs is 3. The Morgan fingerprint density at radius 2 is 2.05 bits per heavy atom. The number of aromatic nitrogens is 3. The normalized spacial score (nSPS) is 13.4. The van der Waals surface area contributed by atoms with Gasteiger partial charge in [0.2, 0.25) is 6.79 Å². The molecule has 20 heavy (non-hydrogen) atoms. The SMILES string of the molecule is Nc1nn(CCO)c2nc3cc4c(cc3cc12)OCO4. The van der Waals surface area contributed by atoms with Gasteiger partial charge >= 0.3 is 0 Å². The fourth-order valence-corrected chi connectivity index (χ4v) is 2.42. The van der Waals surface area contributed by atoms with Crippen molar-refractivity contribution >= 4 is 27.8 Å². The zero-order chi connectivity index (χ0) is 13.7. The highest BCUT2D eigenvalue weighted by Crippen LogP contribution is 2.36. The Kier molecular flexibility index (Phi) is 2.25. The van der Waals surface area contributed by atoms with E-state index >= 15 is 0 Å². The van der Waals surface area contributed by atoms with E-state index in [9.17, 15) is 0 Å². The molecule has 0 bridgehead atoms. The van der Waals surface area contributed by atoms with Gasteiger partial charge in [-0.05, 0) is 12.1 Å². The number of ether oxygens (including phenoxy) is 2. The van der Waals surface area contributed by atoms with E-state index in [-0.39, 0.29) is 13.4 Å². The molecule has 1 aliphatic rings. The van der Waals surface area contributed by atoms with Gasteiger partial charge in [0.15, 0.2) is 23.0 Å². The maximum Gasteiger partial charge on any atom is 0.231 e. The molecule has 7 heteroatoms. The molecule has 0 atom stereocenters. The lowest BCUT2D eigenvalue weighted by molar-refractivity contribution is 0.174. The molecule has 0 radical (unpaired) electrons. The molecule has 0 unspecified atom stereocenters. The van der Waals surface area contributed by atoms with Crippen molar-refractivity contribution in [3.05, 3.63) is 18.2 Å². The quantitative estimate of drug-likeness (QED) is 0.719. The first-order chi connectivity index (χ1) is 9.76. The highest BCUT2D eigenvalue weighted by atomic mass is 16.7. The minimum Gasteiger partial charge on any atom is -0.454 e. The maximum atomic E-state index is 9.06. The molecule has 0 saturated carbocycles. The lowest BCUT2D eigenvalue weighted by Gasteiger charge is -2.03. The number of anilines is 1. The fraction of sp³-hybridized carbons (Fsp3) is 0.231. The van der Waals surface area contributed by atoms with Gasteiger partial charge in [-0.2, -0.15) is 5.10 Å². The van der Waals surface area contributed by atoms with E-state index in [0.29, 0.717) is 29.5 Å². The molecule has 0 saturated heterocycles. The third-order valence-electron chi connectivity index (χ3n) is 3.35. The predicted octanol–water partition coefficient (Wildman–Crippen LogP) is 0.888. The summed E-state index contributed by atoms with van der Waals surface area (Å²) in [5.74, 6) is 1.80. The van der Waals surface area contributed by atoms with Crippen molar-refractivity contribution in [2.24, 2.45) is 0 Å². The number of pyridine rings is 1. The molecular weight excluding hydrogens is 260 g/mol. The summed E-state index contributed by atoms with van der Waals surface area (Å²) in [4.78, 5) is 4.57. The summed E-state index contributed by atoms with van der Waals surface area (Å²) in [6.07, 6.45) is 0. The third-order valence-corrected chi connectivity index (χ3v) is 3.35. The van der Waals surface area contributed by atoms with Crippen molar-refractivity contribution in [2.45, 2.75) is 6.54 Å². The van der Waals surface area contributed by atoms with Crippen LogP contribution in [0.2, 0.25) is 0 Å². The van der Waals surface area contributed by atoms with Gasteiger partial charge in [-0.25, -0.2) is 9.67 Å². The van der Waals surface area contributed by atoms with Gasteiger partial charge in [-0.15, -0.1) is 0 Å². The second kappa shape index (κ2) is 3.97. The van der Waals surface area contributed by atoms with E-state index in [1.54, 1.807) is 4.68 Å². The van der Waals surface area contributed by atoms with Crippen LogP contribution in [-0.2, 0) is 6.54 Å². The van der Waals surface area contributed by atoms with Crippen LogP contribution >= 0.6 is 0 Å². The van der Waals surface area contributed by atoms with E-state index < -0.39 is 0 Å². The standard InChI is InChI=1S/C13H12N4O3/c14-12-8-3-7-4-10-11(20-6-19-10)5-9(7)15-13(8)17(16-12)1-2-18/h3-5,18H,1-2,6H2,(H2,14,16). The van der Waals surface area contributed by atoms with E-state index in [1.165, 1.54) is 0 Å². The van der Waals surface area contributed by atoms with Crippen LogP contribution in [-0.4, -0.2) is 33.3 Å². The van der Waals surface area contributed by atoms with Crippen LogP contribution in [0, 0.1) is 0 Å². The molecule has 4 rings (SSSR count). The van der Waals surface area contributed by atoms with Crippen molar-refractivity contribution in [1.82, 2.24) is 14.8 Å². The molecular formula is C13H12N4O3. The zero-order valence-corrected chi connectivity index (χ0v) is 10.5. The van der Waals surface area contributed by atoms with Gasteiger partial charge in [-0.1, -0.05) is 0 Å². The minimum absolute atomic E-state index is 0.0168. The first kappa shape index (κ1) is 11.3. The molecule has 0 amide bonds. The largest absolute Gasteiger partial charge is 0.454 e. The van der Waals surface area contributed by atoms with Crippen LogP contribution < -0.4 is 15.2 Å². The Balaban J connectivity index is 2.02. The van der Waals surface area contributed by atoms with Crippen LogP contribution in [0.1, 0.15) is 0 Å². The Labute approximate surface area is 113 Å². The number of nitrogen functional groups attached to an aromatic ring is 1. The Bertz CT molecular complexity index is 827. The third kappa shape index (κ3) is 1.50. The van der Waals surface area contributed by atoms with Crippen molar-refractivity contribution in [1.29, 1.82) is 0 Å². The van der Waals surface area contributed by atoms with Gasteiger partial charge in [0.25, 0.3) is 0 Å². The van der Waals surface area contributed by atoms with Crippen molar-refractivity contribution in [3.8, 4) is 11.5 Å². The number of aliphatic hydroxyl groups excluding tert-OH is 1.